The van der Waals surface area contributed by atoms with Gasteiger partial charge in [0.25, 0.3) is 0 Å². The molecule has 0 saturated heterocycles. The predicted octanol–water partition coefficient (Wildman–Crippen LogP) is 9.01. The maximum absolute atomic E-state index is 14.4. The Hall–Kier alpha value is -2.78. The Labute approximate surface area is 246 Å². The molecule has 1 amide bonds. The van der Waals surface area contributed by atoms with Crippen molar-refractivity contribution in [2.45, 2.75) is 54.8 Å². The van der Waals surface area contributed by atoms with Gasteiger partial charge in [0, 0.05) is 15.4 Å². The van der Waals surface area contributed by atoms with Crippen LogP contribution in [0.25, 0.3) is 11.1 Å². The average Bonchev–Trinajstić information content (AvgIpc) is 3.31. The van der Waals surface area contributed by atoms with E-state index >= 15 is 0 Å². The van der Waals surface area contributed by atoms with Crippen molar-refractivity contribution in [3.63, 3.8) is 0 Å². The molecule has 1 N–H and O–H groups in total. The van der Waals surface area contributed by atoms with Crippen LogP contribution in [0, 0.1) is 0 Å². The minimum absolute atomic E-state index is 0.0695. The number of carbonyl (C=O) groups is 2. The molecule has 0 radical (unpaired) electrons. The van der Waals surface area contributed by atoms with Crippen molar-refractivity contribution in [3.05, 3.63) is 39.7 Å². The predicted molar refractivity (Wildman–Crippen MR) is 123 cm³/mol. The summed E-state index contributed by atoms with van der Waals surface area (Å²) in [6, 6.07) is 5.29. The fourth-order valence-electron chi connectivity index (χ4n) is 3.16. The van der Waals surface area contributed by atoms with E-state index in [1.807, 2.05) is 0 Å². The lowest BCUT2D eigenvalue weighted by Crippen LogP contribution is -2.74. The molecule has 4 nitrogen and oxygen atoms in total. The van der Waals surface area contributed by atoms with Crippen molar-refractivity contribution in [3.8, 4) is 11.1 Å². The highest BCUT2D eigenvalue weighted by molar-refractivity contribution is 9.10. The zero-order chi connectivity index (χ0) is 34.5. The van der Waals surface area contributed by atoms with Crippen LogP contribution in [0.15, 0.2) is 34.1 Å². The number of nitrogens with one attached hydrogen (secondary N) is 1. The lowest BCUT2D eigenvalue weighted by Gasteiger charge is -2.42. The number of amides is 1. The topological polar surface area (TPSA) is 55.4 Å². The lowest BCUT2D eigenvalue weighted by molar-refractivity contribution is -0.443. The summed E-state index contributed by atoms with van der Waals surface area (Å²) >= 11 is 3.14. The highest BCUT2D eigenvalue weighted by atomic mass is 79.9. The summed E-state index contributed by atoms with van der Waals surface area (Å²) in [6.07, 6.45) is -5.97. The summed E-state index contributed by atoms with van der Waals surface area (Å²) in [6.45, 7) is 0.788. The van der Waals surface area contributed by atoms with Gasteiger partial charge < -0.3 is 10.1 Å². The van der Waals surface area contributed by atoms with E-state index in [2.05, 4.69) is 20.7 Å². The first-order chi connectivity index (χ1) is 19.7. The van der Waals surface area contributed by atoms with Gasteiger partial charge in [-0.3, -0.25) is 4.79 Å². The van der Waals surface area contributed by atoms with Crippen molar-refractivity contribution in [1.82, 2.24) is 0 Å². The Balaban J connectivity index is 2.60. The van der Waals surface area contributed by atoms with Crippen molar-refractivity contribution < 1.29 is 84.6 Å². The Bertz CT molecular complexity index is 1380. The van der Waals surface area contributed by atoms with E-state index in [4.69, 9.17) is 0 Å². The molecule has 0 aliphatic heterocycles. The smallest absolute Gasteiger partial charge is 0.393 e. The van der Waals surface area contributed by atoms with Crippen LogP contribution in [0.2, 0.25) is 0 Å². The highest BCUT2D eigenvalue weighted by Crippen LogP contribution is 2.63. The zero-order valence-electron chi connectivity index (χ0n) is 20.7. The monoisotopic (exact) mass is 753 g/mol. The maximum Gasteiger partial charge on any atom is 0.393 e. The number of thiophene rings is 1. The second kappa shape index (κ2) is 11.9. The van der Waals surface area contributed by atoms with Gasteiger partial charge in [-0.25, -0.2) is 13.6 Å². The first-order valence-corrected chi connectivity index (χ1v) is 12.6. The van der Waals surface area contributed by atoms with Gasteiger partial charge in [0.15, 0.2) is 0 Å². The van der Waals surface area contributed by atoms with Gasteiger partial charge in [-0.2, -0.15) is 61.5 Å². The average molecular weight is 754 g/mol. The van der Waals surface area contributed by atoms with E-state index in [0.717, 1.165) is 10.7 Å². The van der Waals surface area contributed by atoms with E-state index < -0.39 is 76.9 Å². The Morgan fingerprint density at radius 2 is 1.25 bits per heavy atom. The van der Waals surface area contributed by atoms with Crippen LogP contribution < -0.4 is 5.32 Å². The fourth-order valence-corrected chi connectivity index (χ4v) is 4.37. The molecule has 0 spiro atoms. The lowest BCUT2D eigenvalue weighted by atomic mass is 9.89. The van der Waals surface area contributed by atoms with E-state index in [1.165, 1.54) is 31.2 Å². The molecule has 0 unspecified atom stereocenters. The maximum atomic E-state index is 14.4. The minimum atomic E-state index is -8.65. The molecular formula is C22H12BrF16NO3S. The van der Waals surface area contributed by atoms with Crippen LogP contribution in [0.4, 0.5) is 75.2 Å². The number of hydrogen-bond acceptors (Lipinski definition) is 4. The number of benzene rings is 1. The Kier molecular flexibility index (Phi) is 10.1. The molecule has 1 aromatic carbocycles. The first-order valence-electron chi connectivity index (χ1n) is 11.0. The molecule has 22 heteroatoms. The summed E-state index contributed by atoms with van der Waals surface area (Å²) < 4.78 is 223. The zero-order valence-corrected chi connectivity index (χ0v) is 23.1. The second-order valence-corrected chi connectivity index (χ2v) is 10.2. The summed E-state index contributed by atoms with van der Waals surface area (Å²) in [5.41, 5.74) is -1.07. The normalized spacial score (nSPS) is 14.2. The number of carbonyl (C=O) groups excluding carboxylic acids is 2. The number of esters is 1. The molecule has 0 aliphatic rings. The molecule has 1 heterocycles. The highest BCUT2D eigenvalue weighted by Gasteiger charge is 2.94. The molecule has 44 heavy (non-hydrogen) atoms. The fraction of sp³-hybridized carbons (Fsp3) is 0.455. The molecule has 0 atom stereocenters. The van der Waals surface area contributed by atoms with Crippen molar-refractivity contribution in [2.24, 2.45) is 0 Å². The van der Waals surface area contributed by atoms with E-state index in [-0.39, 0.29) is 22.5 Å². The van der Waals surface area contributed by atoms with Crippen molar-refractivity contribution in [1.29, 1.82) is 0 Å². The third-order valence-corrected chi connectivity index (χ3v) is 7.03. The van der Waals surface area contributed by atoms with Gasteiger partial charge in [-0.05, 0) is 24.6 Å². The van der Waals surface area contributed by atoms with E-state index in [1.54, 1.807) is 0 Å². The van der Waals surface area contributed by atoms with Crippen LogP contribution in [0.1, 0.15) is 17.3 Å². The van der Waals surface area contributed by atoms with E-state index in [0.29, 0.717) is 4.47 Å². The minimum Gasteiger partial charge on any atom is -0.462 e. The molecular weight excluding hydrogens is 742 g/mol. The molecule has 0 bridgehead atoms. The van der Waals surface area contributed by atoms with Crippen molar-refractivity contribution >= 4 is 44.1 Å². The van der Waals surface area contributed by atoms with Gasteiger partial charge in [0.05, 0.1) is 6.61 Å². The summed E-state index contributed by atoms with van der Waals surface area (Å²) in [7, 11) is 0. The van der Waals surface area contributed by atoms with E-state index in [9.17, 15) is 79.8 Å². The molecule has 248 valence electrons. The first kappa shape index (κ1) is 37.4. The Morgan fingerprint density at radius 1 is 0.795 bits per heavy atom. The molecule has 2 rings (SSSR count). The Morgan fingerprint density at radius 3 is 1.70 bits per heavy atom. The van der Waals surface area contributed by atoms with Gasteiger partial charge >= 0.3 is 59.8 Å². The van der Waals surface area contributed by atoms with Crippen molar-refractivity contribution in [2.75, 3.05) is 11.9 Å². The SMILES string of the molecule is CCOC(=O)c1c(-c2ccc(Br)cc2)csc1NC(=O)C(F)(F)C(F)(F)C(F)(F)C(F)(F)C(F)(F)C(F)(F)C(F)(F)C(F)F. The third-order valence-electron chi connectivity index (χ3n) is 5.60. The molecule has 2 aromatic rings. The number of hydrogen-bond donors (Lipinski definition) is 1. The van der Waals surface area contributed by atoms with Gasteiger partial charge in [-0.15, -0.1) is 11.3 Å². The largest absolute Gasteiger partial charge is 0.462 e. The van der Waals surface area contributed by atoms with Crippen LogP contribution in [-0.4, -0.2) is 66.4 Å². The molecule has 1 aromatic heterocycles. The van der Waals surface area contributed by atoms with Gasteiger partial charge in [0.1, 0.15) is 10.6 Å². The summed E-state index contributed by atoms with van der Waals surface area (Å²) in [5, 5.41) is 0.573. The second-order valence-electron chi connectivity index (χ2n) is 8.41. The number of ether oxygens (including phenoxy) is 1. The number of alkyl halides is 16. The number of anilines is 1. The standard InChI is InChI=1S/C22H12BrF16NO3S/c1-2-43-13(41)11-10(8-3-5-9(23)6-4-8)7-44-12(11)40-15(42)17(28,29)19(32,33)21(36,37)22(38,39)20(34,35)18(30,31)16(26,27)14(24)25/h3-7,14H,2H2,1H3,(H,40,42). The summed E-state index contributed by atoms with van der Waals surface area (Å²) in [5.74, 6) is -62.1. The molecule has 0 fully saturated rings. The number of rotatable bonds is 12. The summed E-state index contributed by atoms with van der Waals surface area (Å²) in [4.78, 5) is 24.5. The molecule has 0 saturated carbocycles. The van der Waals surface area contributed by atoms with Crippen LogP contribution in [0.5, 0.6) is 0 Å². The third kappa shape index (κ3) is 5.59. The van der Waals surface area contributed by atoms with Crippen LogP contribution in [0.3, 0.4) is 0 Å². The quantitative estimate of drug-likeness (QED) is 0.174. The van der Waals surface area contributed by atoms with Gasteiger partial charge in [-0.1, -0.05) is 28.1 Å². The molecule has 0 aliphatic carbocycles. The van der Waals surface area contributed by atoms with Gasteiger partial charge in [0.2, 0.25) is 0 Å². The van der Waals surface area contributed by atoms with Crippen LogP contribution >= 0.6 is 27.3 Å². The van der Waals surface area contributed by atoms with Crippen LogP contribution in [-0.2, 0) is 9.53 Å². The number of halogens is 17.